The highest BCUT2D eigenvalue weighted by atomic mass is 79.9. The molecule has 1 aromatic rings. The number of halogens is 3. The third-order valence-corrected chi connectivity index (χ3v) is 2.65. The van der Waals surface area contributed by atoms with Crippen LogP contribution in [-0.2, 0) is 11.2 Å². The lowest BCUT2D eigenvalue weighted by Crippen LogP contribution is -2.31. The molecule has 0 aliphatic rings. The van der Waals surface area contributed by atoms with E-state index >= 15 is 0 Å². The molecule has 0 aromatic heterocycles. The number of carbonyl (C=O) groups is 1. The van der Waals surface area contributed by atoms with Crippen LogP contribution in [0.25, 0.3) is 0 Å². The molecule has 0 heterocycles. The standard InChI is InChI=1S/C11H14BrFN2O.ClH/c1-14-4-5-15-11(16)7-8-2-3-10(13)9(12)6-8;/h2-3,6,14H,4-5,7H2,1H3,(H,15,16);1H. The summed E-state index contributed by atoms with van der Waals surface area (Å²) >= 11 is 3.08. The highest BCUT2D eigenvalue weighted by Gasteiger charge is 2.05. The topological polar surface area (TPSA) is 41.1 Å². The largest absolute Gasteiger partial charge is 0.355 e. The number of likely N-dealkylation sites (N-methyl/N-ethyl adjacent to an activating group) is 1. The summed E-state index contributed by atoms with van der Waals surface area (Å²) in [5.74, 6) is -0.381. The van der Waals surface area contributed by atoms with Gasteiger partial charge in [0.2, 0.25) is 5.91 Å². The zero-order valence-corrected chi connectivity index (χ0v) is 11.8. The number of benzene rings is 1. The van der Waals surface area contributed by atoms with E-state index in [9.17, 15) is 9.18 Å². The van der Waals surface area contributed by atoms with Gasteiger partial charge in [0, 0.05) is 13.1 Å². The lowest BCUT2D eigenvalue weighted by Gasteiger charge is -2.05. The van der Waals surface area contributed by atoms with Crippen molar-refractivity contribution >= 4 is 34.2 Å². The zero-order valence-electron chi connectivity index (χ0n) is 9.43. The number of nitrogens with one attached hydrogen (secondary N) is 2. The third-order valence-electron chi connectivity index (χ3n) is 2.05. The number of hydrogen-bond acceptors (Lipinski definition) is 2. The lowest BCUT2D eigenvalue weighted by molar-refractivity contribution is -0.120. The van der Waals surface area contributed by atoms with Crippen LogP contribution in [0.15, 0.2) is 22.7 Å². The smallest absolute Gasteiger partial charge is 0.224 e. The van der Waals surface area contributed by atoms with Gasteiger partial charge in [-0.05, 0) is 40.7 Å². The maximum Gasteiger partial charge on any atom is 0.224 e. The van der Waals surface area contributed by atoms with E-state index < -0.39 is 0 Å². The van der Waals surface area contributed by atoms with Crippen molar-refractivity contribution < 1.29 is 9.18 Å². The molecule has 2 N–H and O–H groups in total. The molecule has 0 spiro atoms. The van der Waals surface area contributed by atoms with Crippen LogP contribution < -0.4 is 10.6 Å². The van der Waals surface area contributed by atoms with E-state index in [1.54, 1.807) is 12.1 Å². The molecule has 3 nitrogen and oxygen atoms in total. The van der Waals surface area contributed by atoms with Crippen LogP contribution in [-0.4, -0.2) is 26.0 Å². The normalized spacial score (nSPS) is 9.59. The molecule has 0 aliphatic carbocycles. The minimum absolute atomic E-state index is 0. The Morgan fingerprint density at radius 3 is 2.71 bits per heavy atom. The molecular formula is C11H15BrClFN2O. The number of hydrogen-bond donors (Lipinski definition) is 2. The Morgan fingerprint density at radius 1 is 1.41 bits per heavy atom. The van der Waals surface area contributed by atoms with E-state index in [1.165, 1.54) is 6.07 Å². The Morgan fingerprint density at radius 2 is 2.12 bits per heavy atom. The van der Waals surface area contributed by atoms with Gasteiger partial charge in [-0.1, -0.05) is 6.07 Å². The minimum atomic E-state index is -0.320. The first-order valence-electron chi connectivity index (χ1n) is 4.98. The summed E-state index contributed by atoms with van der Waals surface area (Å²) in [7, 11) is 1.82. The summed E-state index contributed by atoms with van der Waals surface area (Å²) in [5.41, 5.74) is 0.787. The maximum atomic E-state index is 12.9. The average molecular weight is 326 g/mol. The second-order valence-corrected chi connectivity index (χ2v) is 4.23. The fourth-order valence-corrected chi connectivity index (χ4v) is 1.65. The van der Waals surface area contributed by atoms with Gasteiger partial charge in [-0.25, -0.2) is 4.39 Å². The predicted octanol–water partition coefficient (Wildman–Crippen LogP) is 1.89. The Kier molecular flexibility index (Phi) is 8.12. The van der Waals surface area contributed by atoms with Crippen molar-refractivity contribution in [3.05, 3.63) is 34.1 Å². The molecule has 1 amide bonds. The van der Waals surface area contributed by atoms with Gasteiger partial charge in [-0.15, -0.1) is 12.4 Å². The molecule has 0 atom stereocenters. The van der Waals surface area contributed by atoms with Crippen molar-refractivity contribution in [3.8, 4) is 0 Å². The van der Waals surface area contributed by atoms with E-state index in [4.69, 9.17) is 0 Å². The first kappa shape index (κ1) is 16.4. The van der Waals surface area contributed by atoms with Gasteiger partial charge < -0.3 is 10.6 Å². The molecule has 0 fully saturated rings. The molecule has 0 bridgehead atoms. The van der Waals surface area contributed by atoms with Crippen molar-refractivity contribution in [1.82, 2.24) is 10.6 Å². The lowest BCUT2D eigenvalue weighted by atomic mass is 10.1. The van der Waals surface area contributed by atoms with Gasteiger partial charge in [0.05, 0.1) is 10.9 Å². The van der Waals surface area contributed by atoms with Crippen LogP contribution in [0.1, 0.15) is 5.56 Å². The second kappa shape index (κ2) is 8.44. The van der Waals surface area contributed by atoms with Gasteiger partial charge in [0.1, 0.15) is 5.82 Å². The Balaban J connectivity index is 0.00000256. The van der Waals surface area contributed by atoms with Crippen molar-refractivity contribution in [3.63, 3.8) is 0 Å². The fraction of sp³-hybridized carbons (Fsp3) is 0.364. The van der Waals surface area contributed by atoms with Crippen LogP contribution in [0.3, 0.4) is 0 Å². The molecule has 0 saturated heterocycles. The summed E-state index contributed by atoms with van der Waals surface area (Å²) in [6.07, 6.45) is 0.266. The molecule has 17 heavy (non-hydrogen) atoms. The van der Waals surface area contributed by atoms with Crippen molar-refractivity contribution in [2.75, 3.05) is 20.1 Å². The monoisotopic (exact) mass is 324 g/mol. The highest BCUT2D eigenvalue weighted by Crippen LogP contribution is 2.16. The number of carbonyl (C=O) groups excluding carboxylic acids is 1. The molecule has 1 aromatic carbocycles. The van der Waals surface area contributed by atoms with Gasteiger partial charge in [-0.3, -0.25) is 4.79 Å². The summed E-state index contributed by atoms with van der Waals surface area (Å²) in [5, 5.41) is 5.69. The van der Waals surface area contributed by atoms with Crippen LogP contribution >= 0.6 is 28.3 Å². The molecular weight excluding hydrogens is 310 g/mol. The number of rotatable bonds is 5. The first-order chi connectivity index (χ1) is 7.63. The molecule has 96 valence electrons. The molecule has 0 radical (unpaired) electrons. The van der Waals surface area contributed by atoms with E-state index in [-0.39, 0.29) is 30.6 Å². The van der Waals surface area contributed by atoms with Crippen LogP contribution in [0.5, 0.6) is 0 Å². The molecule has 0 saturated carbocycles. The SMILES string of the molecule is CNCCNC(=O)Cc1ccc(F)c(Br)c1.Cl. The fourth-order valence-electron chi connectivity index (χ4n) is 1.22. The maximum absolute atomic E-state index is 12.9. The van der Waals surface area contributed by atoms with Gasteiger partial charge in [0.25, 0.3) is 0 Å². The average Bonchev–Trinajstić information content (AvgIpc) is 2.24. The molecule has 1 rings (SSSR count). The summed E-state index contributed by atoms with van der Waals surface area (Å²) < 4.78 is 13.3. The molecule has 0 aliphatic heterocycles. The van der Waals surface area contributed by atoms with Crippen molar-refractivity contribution in [2.45, 2.75) is 6.42 Å². The van der Waals surface area contributed by atoms with E-state index in [1.807, 2.05) is 7.05 Å². The first-order valence-corrected chi connectivity index (χ1v) is 5.78. The van der Waals surface area contributed by atoms with Crippen LogP contribution in [0.2, 0.25) is 0 Å². The Labute approximate surface area is 115 Å². The number of amides is 1. The second-order valence-electron chi connectivity index (χ2n) is 3.38. The van der Waals surface area contributed by atoms with Gasteiger partial charge in [-0.2, -0.15) is 0 Å². The Hall–Kier alpha value is -0.650. The van der Waals surface area contributed by atoms with Crippen molar-refractivity contribution in [1.29, 1.82) is 0 Å². The molecule has 0 unspecified atom stereocenters. The quantitative estimate of drug-likeness (QED) is 0.812. The summed E-state index contributed by atoms with van der Waals surface area (Å²) in [4.78, 5) is 11.4. The predicted molar refractivity (Wildman–Crippen MR) is 72.0 cm³/mol. The van der Waals surface area contributed by atoms with E-state index in [0.29, 0.717) is 11.0 Å². The molecule has 6 heteroatoms. The van der Waals surface area contributed by atoms with Gasteiger partial charge in [0.15, 0.2) is 0 Å². The van der Waals surface area contributed by atoms with E-state index in [2.05, 4.69) is 26.6 Å². The van der Waals surface area contributed by atoms with Crippen molar-refractivity contribution in [2.24, 2.45) is 0 Å². The summed E-state index contributed by atoms with van der Waals surface area (Å²) in [6.45, 7) is 1.33. The van der Waals surface area contributed by atoms with Gasteiger partial charge >= 0.3 is 0 Å². The minimum Gasteiger partial charge on any atom is -0.355 e. The summed E-state index contributed by atoms with van der Waals surface area (Å²) in [6, 6.07) is 4.57. The zero-order chi connectivity index (χ0) is 12.0. The van der Waals surface area contributed by atoms with Crippen LogP contribution in [0.4, 0.5) is 4.39 Å². The Bertz CT molecular complexity index is 376. The van der Waals surface area contributed by atoms with Crippen LogP contribution in [0, 0.1) is 5.82 Å². The highest BCUT2D eigenvalue weighted by molar-refractivity contribution is 9.10. The third kappa shape index (κ3) is 6.00. The van der Waals surface area contributed by atoms with E-state index in [0.717, 1.165) is 12.1 Å².